The molecule has 4 aromatic rings. The summed E-state index contributed by atoms with van der Waals surface area (Å²) in [6, 6.07) is 15.2. The van der Waals surface area contributed by atoms with Crippen LogP contribution in [0.3, 0.4) is 0 Å². The predicted molar refractivity (Wildman–Crippen MR) is 139 cm³/mol. The van der Waals surface area contributed by atoms with Crippen molar-refractivity contribution in [2.45, 2.75) is 46.0 Å². The number of benzene rings is 2. The molecule has 2 aromatic carbocycles. The van der Waals surface area contributed by atoms with Gasteiger partial charge in [-0.25, -0.2) is 0 Å². The van der Waals surface area contributed by atoms with Gasteiger partial charge in [0.1, 0.15) is 10.3 Å². The Bertz CT molecular complexity index is 1470. The zero-order valence-corrected chi connectivity index (χ0v) is 20.8. The van der Waals surface area contributed by atoms with Crippen LogP contribution in [-0.4, -0.2) is 33.7 Å². The second kappa shape index (κ2) is 10.00. The molecule has 5 rings (SSSR count). The highest BCUT2D eigenvalue weighted by molar-refractivity contribution is 7.15. The highest BCUT2D eigenvalue weighted by Crippen LogP contribution is 2.35. The Balaban J connectivity index is 1.50. The number of fused-ring (bicyclic) bond motifs is 2. The minimum Gasteiger partial charge on any atom is -0.494 e. The van der Waals surface area contributed by atoms with Crippen LogP contribution in [0.1, 0.15) is 51.5 Å². The number of unbranched alkanes of at least 4 members (excludes halogenated alkanes) is 4. The Morgan fingerprint density at radius 1 is 0.943 bits per heavy atom. The second-order valence-corrected chi connectivity index (χ2v) is 9.56. The van der Waals surface area contributed by atoms with Crippen molar-refractivity contribution in [1.82, 2.24) is 14.6 Å². The van der Waals surface area contributed by atoms with E-state index in [1.165, 1.54) is 35.1 Å². The van der Waals surface area contributed by atoms with E-state index in [4.69, 9.17) is 4.74 Å². The van der Waals surface area contributed by atoms with Crippen molar-refractivity contribution in [2.75, 3.05) is 18.1 Å². The smallest absolute Gasteiger partial charge is 0.291 e. The molecule has 0 atom stereocenters. The second-order valence-electron chi connectivity index (χ2n) is 8.59. The molecule has 1 aliphatic heterocycles. The van der Waals surface area contributed by atoms with Crippen molar-refractivity contribution in [3.05, 3.63) is 69.0 Å². The highest BCUT2D eigenvalue weighted by Gasteiger charge is 2.33. The van der Waals surface area contributed by atoms with Gasteiger partial charge in [0.05, 0.1) is 17.9 Å². The fraction of sp³-hybridized carbons (Fsp3) is 0.333. The summed E-state index contributed by atoms with van der Waals surface area (Å²) in [4.78, 5) is 33.7. The highest BCUT2D eigenvalue weighted by atomic mass is 32.1. The SMILES string of the molecule is CCCCCCCN1C(=O)/C(=c2\sc3nc(-c4ccc(OCC)cc4)nn3c2=O)c2ccccc21. The molecule has 0 N–H and O–H groups in total. The zero-order chi connectivity index (χ0) is 24.4. The van der Waals surface area contributed by atoms with E-state index in [-0.39, 0.29) is 11.5 Å². The van der Waals surface area contributed by atoms with Crippen LogP contribution >= 0.6 is 11.3 Å². The number of nitrogens with zero attached hydrogens (tertiary/aromatic N) is 4. The lowest BCUT2D eigenvalue weighted by atomic mass is 10.1. The number of carbonyl (C=O) groups excluding carboxylic acids is 1. The van der Waals surface area contributed by atoms with Gasteiger partial charge in [-0.15, -0.1) is 5.10 Å². The van der Waals surface area contributed by atoms with Gasteiger partial charge in [-0.2, -0.15) is 9.50 Å². The molecule has 1 aliphatic rings. The molecule has 35 heavy (non-hydrogen) atoms. The van der Waals surface area contributed by atoms with Crippen molar-refractivity contribution in [3.8, 4) is 17.1 Å². The average molecular weight is 489 g/mol. The first-order chi connectivity index (χ1) is 17.1. The number of hydrogen-bond acceptors (Lipinski definition) is 6. The number of hydrogen-bond donors (Lipinski definition) is 0. The first-order valence-corrected chi connectivity index (χ1v) is 13.0. The lowest BCUT2D eigenvalue weighted by molar-refractivity contribution is -0.113. The van der Waals surface area contributed by atoms with E-state index < -0.39 is 0 Å². The number of thiazole rings is 1. The van der Waals surface area contributed by atoms with Crippen LogP contribution in [0.2, 0.25) is 0 Å². The molecular formula is C27H28N4O3S. The van der Waals surface area contributed by atoms with E-state index in [0.717, 1.165) is 35.4 Å². The molecule has 0 aliphatic carbocycles. The molecule has 0 spiro atoms. The van der Waals surface area contributed by atoms with Crippen molar-refractivity contribution in [1.29, 1.82) is 0 Å². The first-order valence-electron chi connectivity index (χ1n) is 12.2. The average Bonchev–Trinajstić information content (AvgIpc) is 3.50. The van der Waals surface area contributed by atoms with Crippen LogP contribution in [0, 0.1) is 0 Å². The lowest BCUT2D eigenvalue weighted by Crippen LogP contribution is -2.33. The summed E-state index contributed by atoms with van der Waals surface area (Å²) >= 11 is 1.22. The minimum atomic E-state index is -0.308. The number of ether oxygens (including phenoxy) is 1. The molecule has 8 heteroatoms. The summed E-state index contributed by atoms with van der Waals surface area (Å²) in [5.41, 5.74) is 2.63. The summed E-state index contributed by atoms with van der Waals surface area (Å²) in [7, 11) is 0. The van der Waals surface area contributed by atoms with E-state index in [0.29, 0.717) is 34.0 Å². The van der Waals surface area contributed by atoms with E-state index in [9.17, 15) is 9.59 Å². The van der Waals surface area contributed by atoms with E-state index in [1.54, 1.807) is 0 Å². The Morgan fingerprint density at radius 2 is 1.71 bits per heavy atom. The Kier molecular flexibility index (Phi) is 6.63. The maximum absolute atomic E-state index is 13.5. The van der Waals surface area contributed by atoms with Gasteiger partial charge in [0.15, 0.2) is 5.82 Å². The third kappa shape index (κ3) is 4.34. The van der Waals surface area contributed by atoms with E-state index in [1.807, 2.05) is 60.4 Å². The number of aromatic nitrogens is 3. The maximum atomic E-state index is 13.5. The van der Waals surface area contributed by atoms with Gasteiger partial charge in [0, 0.05) is 17.7 Å². The third-order valence-corrected chi connectivity index (χ3v) is 7.25. The Labute approximate surface area is 207 Å². The molecule has 3 heterocycles. The molecule has 0 unspecified atom stereocenters. The summed E-state index contributed by atoms with van der Waals surface area (Å²) in [5, 5.41) is 4.45. The number of carbonyl (C=O) groups is 1. The van der Waals surface area contributed by atoms with Gasteiger partial charge in [-0.05, 0) is 43.7 Å². The molecule has 0 radical (unpaired) electrons. The standard InChI is InChI=1S/C27H28N4O3S/c1-3-5-6-7-10-17-30-21-12-9-8-11-20(21)22(25(30)32)23-26(33)31-27(35-23)28-24(29-31)18-13-15-19(16-14-18)34-4-2/h8-9,11-16H,3-7,10,17H2,1-2H3/b23-22-. The quantitative estimate of drug-likeness (QED) is 0.325. The van der Waals surface area contributed by atoms with Gasteiger partial charge in [-0.1, -0.05) is 62.1 Å². The molecule has 0 fully saturated rings. The number of amides is 1. The topological polar surface area (TPSA) is 76.8 Å². The van der Waals surface area contributed by atoms with Crippen LogP contribution < -0.4 is 19.7 Å². The largest absolute Gasteiger partial charge is 0.494 e. The normalized spacial score (nSPS) is 14.7. The summed E-state index contributed by atoms with van der Waals surface area (Å²) < 4.78 is 7.19. The van der Waals surface area contributed by atoms with Gasteiger partial charge in [0.25, 0.3) is 11.5 Å². The zero-order valence-electron chi connectivity index (χ0n) is 20.0. The molecule has 0 saturated heterocycles. The van der Waals surface area contributed by atoms with Gasteiger partial charge < -0.3 is 9.64 Å². The summed E-state index contributed by atoms with van der Waals surface area (Å²) in [5.74, 6) is 1.13. The predicted octanol–water partition coefficient (Wildman–Crippen LogP) is 4.45. The lowest BCUT2D eigenvalue weighted by Gasteiger charge is -2.16. The number of anilines is 1. The van der Waals surface area contributed by atoms with Gasteiger partial charge in [-0.3, -0.25) is 9.59 Å². The Hall–Kier alpha value is -3.52. The maximum Gasteiger partial charge on any atom is 0.291 e. The summed E-state index contributed by atoms with van der Waals surface area (Å²) in [6.07, 6.45) is 5.60. The monoisotopic (exact) mass is 488 g/mol. The van der Waals surface area contributed by atoms with Gasteiger partial charge in [0.2, 0.25) is 4.96 Å². The molecule has 0 bridgehead atoms. The molecule has 7 nitrogen and oxygen atoms in total. The van der Waals surface area contributed by atoms with Gasteiger partial charge >= 0.3 is 0 Å². The Morgan fingerprint density at radius 3 is 2.46 bits per heavy atom. The third-order valence-electron chi connectivity index (χ3n) is 6.22. The van der Waals surface area contributed by atoms with Crippen LogP contribution in [0.5, 0.6) is 5.75 Å². The van der Waals surface area contributed by atoms with Crippen molar-refractivity contribution >= 4 is 33.5 Å². The molecule has 0 saturated carbocycles. The number of para-hydroxylation sites is 1. The summed E-state index contributed by atoms with van der Waals surface area (Å²) in [6.45, 7) is 5.37. The van der Waals surface area contributed by atoms with Crippen molar-refractivity contribution in [3.63, 3.8) is 0 Å². The number of rotatable bonds is 9. The first kappa shape index (κ1) is 23.2. The fourth-order valence-corrected chi connectivity index (χ4v) is 5.47. The van der Waals surface area contributed by atoms with Crippen LogP contribution in [-0.2, 0) is 4.79 Å². The van der Waals surface area contributed by atoms with E-state index >= 15 is 0 Å². The minimum absolute atomic E-state index is 0.116. The molecule has 180 valence electrons. The van der Waals surface area contributed by atoms with Crippen LogP contribution in [0.25, 0.3) is 21.9 Å². The van der Waals surface area contributed by atoms with E-state index in [2.05, 4.69) is 17.0 Å². The molecule has 2 aromatic heterocycles. The van der Waals surface area contributed by atoms with Crippen molar-refractivity contribution < 1.29 is 9.53 Å². The fourth-order valence-electron chi connectivity index (χ4n) is 4.47. The van der Waals surface area contributed by atoms with Crippen molar-refractivity contribution in [2.24, 2.45) is 0 Å². The van der Waals surface area contributed by atoms with Crippen LogP contribution in [0.15, 0.2) is 53.3 Å². The van der Waals surface area contributed by atoms with Crippen LogP contribution in [0.4, 0.5) is 5.69 Å². The molecular weight excluding hydrogens is 460 g/mol. The molecule has 1 amide bonds.